The van der Waals surface area contributed by atoms with E-state index in [9.17, 15) is 13.2 Å². The molecule has 11 heteroatoms. The van der Waals surface area contributed by atoms with Gasteiger partial charge in [0.15, 0.2) is 0 Å². The van der Waals surface area contributed by atoms with Crippen LogP contribution < -0.4 is 4.72 Å². The molecular weight excluding hydrogens is 300 g/mol. The lowest BCUT2D eigenvalue weighted by molar-refractivity contribution is -0.137. The summed E-state index contributed by atoms with van der Waals surface area (Å²) in [5, 5.41) is 19.8. The molecule has 2 aromatic heterocycles. The molecule has 0 aromatic carbocycles. The smallest absolute Gasteiger partial charge is 0.325 e. The van der Waals surface area contributed by atoms with E-state index in [0.717, 1.165) is 17.1 Å². The second-order valence-electron chi connectivity index (χ2n) is 4.13. The fraction of sp³-hybridized carbons (Fsp3) is 0.400. The number of carbonyl (C=O) groups is 1. The number of hydrogen-bond acceptors (Lipinski definition) is 6. The van der Waals surface area contributed by atoms with Gasteiger partial charge in [0, 0.05) is 12.7 Å². The maximum atomic E-state index is 12.1. The number of sulfonamides is 1. The normalized spacial score (nSPS) is 11.7. The second kappa shape index (κ2) is 6.01. The third-order valence-corrected chi connectivity index (χ3v) is 4.03. The molecule has 0 aliphatic rings. The Morgan fingerprint density at radius 1 is 1.48 bits per heavy atom. The average Bonchev–Trinajstić information content (AvgIpc) is 3.04. The van der Waals surface area contributed by atoms with Gasteiger partial charge >= 0.3 is 5.97 Å². The summed E-state index contributed by atoms with van der Waals surface area (Å²) in [5.41, 5.74) is 0. The van der Waals surface area contributed by atoms with Gasteiger partial charge in [0.05, 0.1) is 12.7 Å². The molecule has 0 bridgehead atoms. The topological polar surface area (TPSA) is 132 Å². The molecule has 0 aliphatic heterocycles. The molecule has 0 unspecified atom stereocenters. The molecular formula is C10H14N6O4S. The molecule has 2 N–H and O–H groups in total. The summed E-state index contributed by atoms with van der Waals surface area (Å²) in [7, 11) is -3.78. The highest BCUT2D eigenvalue weighted by Gasteiger charge is 2.18. The van der Waals surface area contributed by atoms with E-state index in [2.05, 4.69) is 20.0 Å². The minimum Gasteiger partial charge on any atom is -0.480 e. The van der Waals surface area contributed by atoms with Crippen LogP contribution in [0.3, 0.4) is 0 Å². The Morgan fingerprint density at radius 3 is 2.90 bits per heavy atom. The van der Waals surface area contributed by atoms with Gasteiger partial charge in [0.25, 0.3) is 0 Å². The van der Waals surface area contributed by atoms with Gasteiger partial charge in [-0.15, -0.1) is 10.2 Å². The second-order valence-corrected chi connectivity index (χ2v) is 5.89. The van der Waals surface area contributed by atoms with Gasteiger partial charge in [-0.05, 0) is 6.92 Å². The van der Waals surface area contributed by atoms with Crippen molar-refractivity contribution in [3.8, 4) is 0 Å². The Balaban J connectivity index is 2.08. The van der Waals surface area contributed by atoms with E-state index in [0.29, 0.717) is 12.4 Å². The van der Waals surface area contributed by atoms with Gasteiger partial charge in [-0.2, -0.15) is 5.10 Å². The standard InChI is InChI=1S/C10H14N6O4S/c1-2-15-7-11-14-9(15)4-13-21(19,20)8-3-12-16(5-8)6-10(17)18/h3,5,7,13H,2,4,6H2,1H3,(H,17,18). The number of carboxylic acids is 1. The van der Waals surface area contributed by atoms with Crippen LogP contribution in [0.1, 0.15) is 12.7 Å². The van der Waals surface area contributed by atoms with Crippen molar-refractivity contribution >= 4 is 16.0 Å². The first-order valence-corrected chi connectivity index (χ1v) is 7.51. The van der Waals surface area contributed by atoms with Gasteiger partial charge in [-0.25, -0.2) is 13.1 Å². The molecule has 2 rings (SSSR count). The minimum absolute atomic E-state index is 0.0136. The van der Waals surface area contributed by atoms with Crippen molar-refractivity contribution in [3.05, 3.63) is 24.5 Å². The molecule has 0 amide bonds. The van der Waals surface area contributed by atoms with E-state index >= 15 is 0 Å². The molecule has 10 nitrogen and oxygen atoms in total. The monoisotopic (exact) mass is 314 g/mol. The molecule has 0 atom stereocenters. The highest BCUT2D eigenvalue weighted by atomic mass is 32.2. The van der Waals surface area contributed by atoms with E-state index in [1.807, 2.05) is 6.92 Å². The average molecular weight is 314 g/mol. The molecule has 0 saturated heterocycles. The van der Waals surface area contributed by atoms with Crippen molar-refractivity contribution in [2.75, 3.05) is 0 Å². The number of nitrogens with zero attached hydrogens (tertiary/aromatic N) is 5. The number of hydrogen-bond donors (Lipinski definition) is 2. The molecule has 0 radical (unpaired) electrons. The lowest BCUT2D eigenvalue weighted by Crippen LogP contribution is -2.24. The van der Waals surface area contributed by atoms with Crippen LogP contribution in [-0.4, -0.2) is 44.0 Å². The fourth-order valence-corrected chi connectivity index (χ4v) is 2.56. The van der Waals surface area contributed by atoms with Crippen molar-refractivity contribution < 1.29 is 18.3 Å². The lowest BCUT2D eigenvalue weighted by Gasteiger charge is -2.05. The Kier molecular flexibility index (Phi) is 4.33. The molecule has 0 spiro atoms. The Morgan fingerprint density at radius 2 is 2.24 bits per heavy atom. The minimum atomic E-state index is -3.78. The fourth-order valence-electron chi connectivity index (χ4n) is 1.63. The summed E-state index contributed by atoms with van der Waals surface area (Å²) in [5.74, 6) is -0.620. The summed E-state index contributed by atoms with van der Waals surface area (Å²) in [4.78, 5) is 10.4. The van der Waals surface area contributed by atoms with Crippen LogP contribution in [0.15, 0.2) is 23.6 Å². The molecule has 0 fully saturated rings. The summed E-state index contributed by atoms with van der Waals surface area (Å²) in [6.45, 7) is 2.10. The summed E-state index contributed by atoms with van der Waals surface area (Å²) < 4.78 is 29.2. The van der Waals surface area contributed by atoms with E-state index in [4.69, 9.17) is 5.11 Å². The van der Waals surface area contributed by atoms with Crippen LogP contribution >= 0.6 is 0 Å². The van der Waals surface area contributed by atoms with Crippen LogP contribution in [-0.2, 0) is 34.5 Å². The summed E-state index contributed by atoms with van der Waals surface area (Å²) in [6, 6.07) is 0. The van der Waals surface area contributed by atoms with Gasteiger partial charge in [-0.3, -0.25) is 9.48 Å². The predicted octanol–water partition coefficient (Wildman–Crippen LogP) is -0.942. The first-order chi connectivity index (χ1) is 9.92. The zero-order valence-electron chi connectivity index (χ0n) is 11.2. The van der Waals surface area contributed by atoms with Crippen LogP contribution in [0, 0.1) is 0 Å². The lowest BCUT2D eigenvalue weighted by atomic mass is 10.6. The largest absolute Gasteiger partial charge is 0.480 e. The number of rotatable bonds is 7. The van der Waals surface area contributed by atoms with Crippen molar-refractivity contribution in [1.82, 2.24) is 29.3 Å². The van der Waals surface area contributed by atoms with Crippen molar-refractivity contribution in [1.29, 1.82) is 0 Å². The first kappa shape index (κ1) is 15.1. The number of aromatic nitrogens is 5. The summed E-state index contributed by atoms with van der Waals surface area (Å²) in [6.07, 6.45) is 3.76. The molecule has 2 aromatic rings. The van der Waals surface area contributed by atoms with E-state index in [1.54, 1.807) is 4.57 Å². The van der Waals surface area contributed by atoms with Gasteiger partial charge < -0.3 is 9.67 Å². The van der Waals surface area contributed by atoms with Crippen molar-refractivity contribution in [2.45, 2.75) is 31.5 Å². The van der Waals surface area contributed by atoms with Crippen LogP contribution in [0.5, 0.6) is 0 Å². The predicted molar refractivity (Wildman–Crippen MR) is 69.6 cm³/mol. The van der Waals surface area contributed by atoms with Gasteiger partial charge in [-0.1, -0.05) is 0 Å². The highest BCUT2D eigenvalue weighted by Crippen LogP contribution is 2.08. The van der Waals surface area contributed by atoms with Crippen LogP contribution in [0.25, 0.3) is 0 Å². The highest BCUT2D eigenvalue weighted by molar-refractivity contribution is 7.89. The third kappa shape index (κ3) is 3.64. The zero-order valence-corrected chi connectivity index (χ0v) is 12.0. The maximum Gasteiger partial charge on any atom is 0.325 e. The van der Waals surface area contributed by atoms with Crippen LogP contribution in [0.4, 0.5) is 0 Å². The quantitative estimate of drug-likeness (QED) is 0.673. The zero-order chi connectivity index (χ0) is 15.5. The molecule has 0 saturated carbocycles. The number of nitrogens with one attached hydrogen (secondary N) is 1. The van der Waals surface area contributed by atoms with Gasteiger partial charge in [0.1, 0.15) is 23.6 Å². The van der Waals surface area contributed by atoms with E-state index < -0.39 is 22.5 Å². The molecule has 0 aliphatic carbocycles. The van der Waals surface area contributed by atoms with E-state index in [1.165, 1.54) is 6.33 Å². The Bertz CT molecular complexity index is 734. The Labute approximate surface area is 120 Å². The van der Waals surface area contributed by atoms with Crippen molar-refractivity contribution in [2.24, 2.45) is 0 Å². The van der Waals surface area contributed by atoms with Crippen LogP contribution in [0.2, 0.25) is 0 Å². The van der Waals surface area contributed by atoms with Gasteiger partial charge in [0.2, 0.25) is 10.0 Å². The molecule has 2 heterocycles. The maximum absolute atomic E-state index is 12.1. The molecule has 114 valence electrons. The number of carboxylic acid groups (broad SMARTS) is 1. The summed E-state index contributed by atoms with van der Waals surface area (Å²) >= 11 is 0. The van der Waals surface area contributed by atoms with E-state index in [-0.39, 0.29) is 11.4 Å². The molecule has 21 heavy (non-hydrogen) atoms. The third-order valence-electron chi connectivity index (χ3n) is 2.67. The number of aryl methyl sites for hydroxylation is 1. The SMILES string of the molecule is CCn1cnnc1CNS(=O)(=O)c1cnn(CC(=O)O)c1. The Hall–Kier alpha value is -2.27. The number of aliphatic carboxylic acids is 1. The van der Waals surface area contributed by atoms with Crippen molar-refractivity contribution in [3.63, 3.8) is 0 Å². The first-order valence-electron chi connectivity index (χ1n) is 6.03.